The van der Waals surface area contributed by atoms with E-state index in [1.54, 1.807) is 0 Å². The van der Waals surface area contributed by atoms with Gasteiger partial charge in [0.2, 0.25) is 0 Å². The van der Waals surface area contributed by atoms with Gasteiger partial charge in [-0.05, 0) is 36.1 Å². The van der Waals surface area contributed by atoms with Crippen LogP contribution in [-0.2, 0) is 6.42 Å². The largest absolute Gasteiger partial charge is 0.388 e. The van der Waals surface area contributed by atoms with Crippen LogP contribution in [0.25, 0.3) is 0 Å². The van der Waals surface area contributed by atoms with Crippen LogP contribution in [0.5, 0.6) is 0 Å². The number of hydrogen-bond donors (Lipinski definition) is 1. The molecule has 0 aliphatic carbocycles. The summed E-state index contributed by atoms with van der Waals surface area (Å²) in [5.74, 6) is 0. The minimum Gasteiger partial charge on any atom is -0.388 e. The van der Waals surface area contributed by atoms with Gasteiger partial charge in [0.15, 0.2) is 0 Å². The molecule has 88 valence electrons. The Hall–Kier alpha value is -1.12. The van der Waals surface area contributed by atoms with E-state index in [1.807, 2.05) is 42.5 Å². The summed E-state index contributed by atoms with van der Waals surface area (Å²) in [5, 5.41) is 10.0. The Labute approximate surface area is 110 Å². The average Bonchev–Trinajstić information content (AvgIpc) is 2.37. The first-order valence-corrected chi connectivity index (χ1v) is 6.52. The van der Waals surface area contributed by atoms with Gasteiger partial charge in [-0.1, -0.05) is 58.4 Å². The van der Waals surface area contributed by atoms with E-state index in [0.717, 1.165) is 22.9 Å². The van der Waals surface area contributed by atoms with Gasteiger partial charge in [-0.25, -0.2) is 0 Å². The molecule has 1 N–H and O–H groups in total. The van der Waals surface area contributed by atoms with E-state index in [1.165, 1.54) is 5.56 Å². The molecule has 0 amide bonds. The molecule has 0 saturated heterocycles. The van der Waals surface area contributed by atoms with E-state index >= 15 is 0 Å². The third-order valence-corrected chi connectivity index (χ3v) is 3.27. The summed E-state index contributed by atoms with van der Waals surface area (Å²) in [4.78, 5) is 0. The van der Waals surface area contributed by atoms with Gasteiger partial charge in [0.05, 0.1) is 6.10 Å². The Morgan fingerprint density at radius 3 is 2.47 bits per heavy atom. The quantitative estimate of drug-likeness (QED) is 0.898. The summed E-state index contributed by atoms with van der Waals surface area (Å²) < 4.78 is 1.09. The van der Waals surface area contributed by atoms with Gasteiger partial charge in [-0.2, -0.15) is 0 Å². The van der Waals surface area contributed by atoms with E-state index in [9.17, 15) is 5.11 Å². The average molecular weight is 291 g/mol. The first kappa shape index (κ1) is 12.3. The van der Waals surface area contributed by atoms with E-state index in [4.69, 9.17) is 0 Å². The van der Waals surface area contributed by atoms with Gasteiger partial charge in [-0.3, -0.25) is 0 Å². The molecule has 1 atom stereocenters. The van der Waals surface area contributed by atoms with Crippen LogP contribution in [0.2, 0.25) is 0 Å². The number of aliphatic hydroxyl groups is 1. The van der Waals surface area contributed by atoms with Crippen molar-refractivity contribution in [3.63, 3.8) is 0 Å². The second kappa shape index (κ2) is 5.99. The lowest BCUT2D eigenvalue weighted by Crippen LogP contribution is -1.99. The fourth-order valence-electron chi connectivity index (χ4n) is 1.84. The molecule has 0 bridgehead atoms. The Balaban J connectivity index is 1.95. The molecule has 2 aromatic rings. The monoisotopic (exact) mass is 290 g/mol. The Bertz CT molecular complexity index is 467. The SMILES string of the molecule is OC(CCc1cccc(Br)c1)c1ccccc1. The molecule has 2 rings (SSSR count). The van der Waals surface area contributed by atoms with Gasteiger partial charge in [0.25, 0.3) is 0 Å². The molecule has 2 aromatic carbocycles. The summed E-state index contributed by atoms with van der Waals surface area (Å²) in [6, 6.07) is 18.0. The summed E-state index contributed by atoms with van der Waals surface area (Å²) in [6.45, 7) is 0. The standard InChI is InChI=1S/C15H15BrO/c16-14-8-4-5-12(11-14)9-10-15(17)13-6-2-1-3-7-13/h1-8,11,15,17H,9-10H2. The zero-order valence-electron chi connectivity index (χ0n) is 9.51. The maximum atomic E-state index is 10.0. The molecule has 0 aliphatic rings. The highest BCUT2D eigenvalue weighted by molar-refractivity contribution is 9.10. The van der Waals surface area contributed by atoms with Crippen molar-refractivity contribution < 1.29 is 5.11 Å². The highest BCUT2D eigenvalue weighted by Gasteiger charge is 2.06. The number of hydrogen-bond acceptors (Lipinski definition) is 1. The van der Waals surface area contributed by atoms with Gasteiger partial charge in [0.1, 0.15) is 0 Å². The summed E-state index contributed by atoms with van der Waals surface area (Å²) in [5.41, 5.74) is 2.23. The minimum atomic E-state index is -0.379. The third-order valence-electron chi connectivity index (χ3n) is 2.78. The molecule has 0 radical (unpaired) electrons. The molecule has 0 saturated carbocycles. The Kier molecular flexibility index (Phi) is 4.35. The molecule has 0 spiro atoms. The second-order valence-electron chi connectivity index (χ2n) is 4.10. The van der Waals surface area contributed by atoms with Gasteiger partial charge < -0.3 is 5.11 Å². The van der Waals surface area contributed by atoms with Crippen molar-refractivity contribution >= 4 is 15.9 Å². The van der Waals surface area contributed by atoms with Crippen molar-refractivity contribution in [3.8, 4) is 0 Å². The molecule has 0 fully saturated rings. The lowest BCUT2D eigenvalue weighted by atomic mass is 10.0. The number of aliphatic hydroxyl groups excluding tert-OH is 1. The number of rotatable bonds is 4. The van der Waals surface area contributed by atoms with Crippen LogP contribution in [0.1, 0.15) is 23.7 Å². The van der Waals surface area contributed by atoms with Crippen LogP contribution in [0.3, 0.4) is 0 Å². The molecule has 1 nitrogen and oxygen atoms in total. The highest BCUT2D eigenvalue weighted by Crippen LogP contribution is 2.20. The first-order valence-electron chi connectivity index (χ1n) is 5.73. The van der Waals surface area contributed by atoms with E-state index in [0.29, 0.717) is 0 Å². The maximum Gasteiger partial charge on any atom is 0.0793 e. The molecular weight excluding hydrogens is 276 g/mol. The molecular formula is C15H15BrO. The van der Waals surface area contributed by atoms with E-state index < -0.39 is 0 Å². The van der Waals surface area contributed by atoms with E-state index in [-0.39, 0.29) is 6.10 Å². The van der Waals surface area contributed by atoms with Crippen LogP contribution < -0.4 is 0 Å². The number of halogens is 1. The lowest BCUT2D eigenvalue weighted by Gasteiger charge is -2.10. The molecule has 0 heterocycles. The smallest absolute Gasteiger partial charge is 0.0793 e. The summed E-state index contributed by atoms with van der Waals surface area (Å²) in [7, 11) is 0. The van der Waals surface area contributed by atoms with Crippen molar-refractivity contribution in [3.05, 3.63) is 70.2 Å². The number of benzene rings is 2. The van der Waals surface area contributed by atoms with Crippen molar-refractivity contribution in [1.29, 1.82) is 0 Å². The Morgan fingerprint density at radius 1 is 1.00 bits per heavy atom. The zero-order valence-corrected chi connectivity index (χ0v) is 11.1. The van der Waals surface area contributed by atoms with Crippen molar-refractivity contribution in [1.82, 2.24) is 0 Å². The normalized spacial score (nSPS) is 12.4. The fraction of sp³-hybridized carbons (Fsp3) is 0.200. The predicted molar refractivity (Wildman–Crippen MR) is 73.9 cm³/mol. The van der Waals surface area contributed by atoms with E-state index in [2.05, 4.69) is 28.1 Å². The van der Waals surface area contributed by atoms with Crippen LogP contribution >= 0.6 is 15.9 Å². The second-order valence-corrected chi connectivity index (χ2v) is 5.01. The van der Waals surface area contributed by atoms with Crippen LogP contribution in [0, 0.1) is 0 Å². The van der Waals surface area contributed by atoms with Crippen molar-refractivity contribution in [2.45, 2.75) is 18.9 Å². The summed E-state index contributed by atoms with van der Waals surface area (Å²) in [6.07, 6.45) is 1.26. The van der Waals surface area contributed by atoms with Gasteiger partial charge >= 0.3 is 0 Å². The summed E-state index contributed by atoms with van der Waals surface area (Å²) >= 11 is 3.45. The fourth-order valence-corrected chi connectivity index (χ4v) is 2.28. The van der Waals surface area contributed by atoms with Crippen molar-refractivity contribution in [2.24, 2.45) is 0 Å². The molecule has 17 heavy (non-hydrogen) atoms. The maximum absolute atomic E-state index is 10.0. The molecule has 0 aromatic heterocycles. The highest BCUT2D eigenvalue weighted by atomic mass is 79.9. The van der Waals surface area contributed by atoms with Crippen LogP contribution in [0.4, 0.5) is 0 Å². The predicted octanol–water partition coefficient (Wildman–Crippen LogP) is 4.12. The van der Waals surface area contributed by atoms with Crippen LogP contribution in [0.15, 0.2) is 59.1 Å². The van der Waals surface area contributed by atoms with Crippen molar-refractivity contribution in [2.75, 3.05) is 0 Å². The minimum absolute atomic E-state index is 0.379. The topological polar surface area (TPSA) is 20.2 Å². The molecule has 0 aliphatic heterocycles. The lowest BCUT2D eigenvalue weighted by molar-refractivity contribution is 0.168. The third kappa shape index (κ3) is 3.69. The van der Waals surface area contributed by atoms with Crippen LogP contribution in [-0.4, -0.2) is 5.11 Å². The Morgan fingerprint density at radius 2 is 1.76 bits per heavy atom. The molecule has 1 unspecified atom stereocenters. The first-order chi connectivity index (χ1) is 8.25. The van der Waals surface area contributed by atoms with Gasteiger partial charge in [-0.15, -0.1) is 0 Å². The van der Waals surface area contributed by atoms with Gasteiger partial charge in [0, 0.05) is 4.47 Å². The molecule has 2 heteroatoms. The number of aryl methyl sites for hydroxylation is 1. The zero-order chi connectivity index (χ0) is 12.1.